The Morgan fingerprint density at radius 1 is 1.20 bits per heavy atom. The van der Waals surface area contributed by atoms with Gasteiger partial charge in [0.25, 0.3) is 5.91 Å². The van der Waals surface area contributed by atoms with Crippen LogP contribution in [-0.2, 0) is 19.3 Å². The van der Waals surface area contributed by atoms with E-state index in [0.29, 0.717) is 24.4 Å². The molecule has 0 unspecified atom stereocenters. The van der Waals surface area contributed by atoms with Crippen LogP contribution in [0.5, 0.6) is 0 Å². The first-order chi connectivity index (χ1) is 14.1. The molecule has 0 fully saturated rings. The molecule has 11 heteroatoms. The van der Waals surface area contributed by atoms with Gasteiger partial charge in [0, 0.05) is 18.8 Å². The number of nitrogens with one attached hydrogen (secondary N) is 1. The monoisotopic (exact) mass is 487 g/mol. The van der Waals surface area contributed by atoms with Gasteiger partial charge in [-0.2, -0.15) is 23.4 Å². The van der Waals surface area contributed by atoms with Crippen LogP contribution in [0.4, 0.5) is 13.2 Å². The van der Waals surface area contributed by atoms with E-state index in [0.717, 1.165) is 21.9 Å². The van der Waals surface area contributed by atoms with Crippen LogP contribution >= 0.6 is 15.9 Å². The van der Waals surface area contributed by atoms with Crippen molar-refractivity contribution < 1.29 is 22.4 Å². The highest BCUT2D eigenvalue weighted by Gasteiger charge is 2.34. The lowest BCUT2D eigenvalue weighted by Crippen LogP contribution is -2.25. The minimum atomic E-state index is -4.47. The average Bonchev–Trinajstić information content (AvgIpc) is 3.35. The van der Waals surface area contributed by atoms with Crippen LogP contribution < -0.4 is 5.32 Å². The molecule has 3 aromatic heterocycles. The second-order valence-corrected chi connectivity index (χ2v) is 7.70. The number of aromatic nitrogens is 4. The summed E-state index contributed by atoms with van der Waals surface area (Å²) in [7, 11) is 0. The highest BCUT2D eigenvalue weighted by Crippen LogP contribution is 2.28. The summed E-state index contributed by atoms with van der Waals surface area (Å²) in [4.78, 5) is 12.2. The lowest BCUT2D eigenvalue weighted by Gasteiger charge is -2.06. The first-order valence-electron chi connectivity index (χ1n) is 9.24. The molecule has 0 aromatic carbocycles. The van der Waals surface area contributed by atoms with Crippen LogP contribution in [0.15, 0.2) is 27.1 Å². The first kappa shape index (κ1) is 22.1. The van der Waals surface area contributed by atoms with Crippen LogP contribution in [0.2, 0.25) is 0 Å². The molecule has 0 aliphatic carbocycles. The number of alkyl halides is 3. The SMILES string of the molecule is Cc1nn(Cc2ccc(C(=O)NCCCn3nc(C(F)(F)F)cc3C)o2)c(C)c1Br. The van der Waals surface area contributed by atoms with Crippen molar-refractivity contribution in [3.8, 4) is 0 Å². The summed E-state index contributed by atoms with van der Waals surface area (Å²) in [6.45, 7) is 6.32. The van der Waals surface area contributed by atoms with Gasteiger partial charge in [-0.3, -0.25) is 14.2 Å². The minimum absolute atomic E-state index is 0.167. The zero-order valence-electron chi connectivity index (χ0n) is 16.7. The van der Waals surface area contributed by atoms with Crippen molar-refractivity contribution in [3.63, 3.8) is 0 Å². The topological polar surface area (TPSA) is 77.9 Å². The molecule has 3 rings (SSSR count). The summed E-state index contributed by atoms with van der Waals surface area (Å²) >= 11 is 3.47. The molecule has 1 amide bonds. The highest BCUT2D eigenvalue weighted by molar-refractivity contribution is 9.10. The Kier molecular flexibility index (Phi) is 6.39. The van der Waals surface area contributed by atoms with Crippen LogP contribution in [0.3, 0.4) is 0 Å². The molecular weight excluding hydrogens is 467 g/mol. The smallest absolute Gasteiger partial charge is 0.435 e. The Hall–Kier alpha value is -2.56. The lowest BCUT2D eigenvalue weighted by atomic mass is 10.3. The van der Waals surface area contributed by atoms with E-state index in [2.05, 4.69) is 31.4 Å². The fourth-order valence-electron chi connectivity index (χ4n) is 2.95. The van der Waals surface area contributed by atoms with Gasteiger partial charge in [-0.15, -0.1) is 0 Å². The van der Waals surface area contributed by atoms with Gasteiger partial charge in [0.05, 0.1) is 22.4 Å². The van der Waals surface area contributed by atoms with Gasteiger partial charge in [0.15, 0.2) is 11.5 Å². The van der Waals surface area contributed by atoms with Gasteiger partial charge in [-0.05, 0) is 61.3 Å². The number of carbonyl (C=O) groups is 1. The predicted octanol–water partition coefficient (Wildman–Crippen LogP) is 4.25. The number of carbonyl (C=O) groups excluding carboxylic acids is 1. The molecule has 0 radical (unpaired) electrons. The zero-order valence-corrected chi connectivity index (χ0v) is 18.3. The van der Waals surface area contributed by atoms with Gasteiger partial charge in [-0.1, -0.05) is 0 Å². The van der Waals surface area contributed by atoms with E-state index in [-0.39, 0.29) is 24.8 Å². The number of amides is 1. The number of furan rings is 1. The van der Waals surface area contributed by atoms with Gasteiger partial charge in [0.2, 0.25) is 0 Å². The van der Waals surface area contributed by atoms with Crippen molar-refractivity contribution in [1.82, 2.24) is 24.9 Å². The summed E-state index contributed by atoms with van der Waals surface area (Å²) in [6.07, 6.45) is -4.04. The maximum atomic E-state index is 12.7. The van der Waals surface area contributed by atoms with Crippen LogP contribution in [0, 0.1) is 20.8 Å². The molecule has 0 atom stereocenters. The summed E-state index contributed by atoms with van der Waals surface area (Å²) in [5.74, 6) is 0.370. The van der Waals surface area contributed by atoms with Gasteiger partial charge in [-0.25, -0.2) is 0 Å². The minimum Gasteiger partial charge on any atom is -0.454 e. The number of hydrogen-bond donors (Lipinski definition) is 1. The molecule has 0 bridgehead atoms. The Morgan fingerprint density at radius 3 is 2.53 bits per heavy atom. The number of aryl methyl sites for hydroxylation is 3. The standard InChI is InChI=1S/C19H21BrF3N5O2/c1-11-9-16(19(21,22)23)26-27(11)8-4-7-24-18(29)15-6-5-14(30-15)10-28-13(3)17(20)12(2)25-28/h5-6,9H,4,7-8,10H2,1-3H3,(H,24,29). The Morgan fingerprint density at radius 2 is 1.93 bits per heavy atom. The van der Waals surface area contributed by atoms with E-state index in [1.54, 1.807) is 23.7 Å². The van der Waals surface area contributed by atoms with E-state index in [4.69, 9.17) is 4.42 Å². The van der Waals surface area contributed by atoms with Gasteiger partial charge < -0.3 is 9.73 Å². The Balaban J connectivity index is 1.50. The fourth-order valence-corrected chi connectivity index (χ4v) is 3.24. The summed E-state index contributed by atoms with van der Waals surface area (Å²) in [5, 5.41) is 10.7. The normalized spacial score (nSPS) is 11.8. The van der Waals surface area contributed by atoms with Crippen molar-refractivity contribution in [3.05, 3.63) is 57.0 Å². The quantitative estimate of drug-likeness (QED) is 0.505. The van der Waals surface area contributed by atoms with E-state index >= 15 is 0 Å². The van der Waals surface area contributed by atoms with Crippen LogP contribution in [0.25, 0.3) is 0 Å². The van der Waals surface area contributed by atoms with Crippen molar-refractivity contribution in [2.75, 3.05) is 6.54 Å². The largest absolute Gasteiger partial charge is 0.454 e. The highest BCUT2D eigenvalue weighted by atomic mass is 79.9. The summed E-state index contributed by atoms with van der Waals surface area (Å²) in [5.41, 5.74) is 1.33. The van der Waals surface area contributed by atoms with Crippen molar-refractivity contribution in [1.29, 1.82) is 0 Å². The molecule has 0 aliphatic heterocycles. The molecule has 0 spiro atoms. The molecule has 1 N–H and O–H groups in total. The maximum absolute atomic E-state index is 12.7. The van der Waals surface area contributed by atoms with Crippen molar-refractivity contribution >= 4 is 21.8 Å². The van der Waals surface area contributed by atoms with E-state index in [9.17, 15) is 18.0 Å². The molecular formula is C19H21BrF3N5O2. The van der Waals surface area contributed by atoms with Crippen LogP contribution in [-0.4, -0.2) is 32.0 Å². The molecule has 3 heterocycles. The second-order valence-electron chi connectivity index (χ2n) is 6.91. The number of halogens is 4. The Bertz CT molecular complexity index is 1050. The van der Waals surface area contributed by atoms with Crippen LogP contribution in [0.1, 0.15) is 45.5 Å². The van der Waals surface area contributed by atoms with E-state index < -0.39 is 11.9 Å². The summed E-state index contributed by atoms with van der Waals surface area (Å²) in [6, 6.07) is 4.30. The zero-order chi connectivity index (χ0) is 22.1. The number of rotatable bonds is 7. The van der Waals surface area contributed by atoms with E-state index in [1.165, 1.54) is 4.68 Å². The third-order valence-corrected chi connectivity index (χ3v) is 5.74. The third kappa shape index (κ3) is 4.94. The maximum Gasteiger partial charge on any atom is 0.435 e. The van der Waals surface area contributed by atoms with Crippen molar-refractivity contribution in [2.45, 2.75) is 46.5 Å². The Labute approximate surface area is 179 Å². The number of nitrogens with zero attached hydrogens (tertiary/aromatic N) is 4. The molecule has 0 saturated carbocycles. The molecule has 30 heavy (non-hydrogen) atoms. The first-order valence-corrected chi connectivity index (χ1v) is 10.0. The van der Waals surface area contributed by atoms with Gasteiger partial charge in [0.1, 0.15) is 5.76 Å². The predicted molar refractivity (Wildman–Crippen MR) is 106 cm³/mol. The molecule has 7 nitrogen and oxygen atoms in total. The molecule has 162 valence electrons. The second kappa shape index (κ2) is 8.66. The lowest BCUT2D eigenvalue weighted by molar-refractivity contribution is -0.141. The average molecular weight is 488 g/mol. The molecule has 0 saturated heterocycles. The molecule has 3 aromatic rings. The summed E-state index contributed by atoms with van der Waals surface area (Å²) < 4.78 is 47.7. The fraction of sp³-hybridized carbons (Fsp3) is 0.421. The van der Waals surface area contributed by atoms with E-state index in [1.807, 2.05) is 13.8 Å². The number of hydrogen-bond acceptors (Lipinski definition) is 4. The third-order valence-electron chi connectivity index (χ3n) is 4.59. The molecule has 0 aliphatic rings. The van der Waals surface area contributed by atoms with Crippen molar-refractivity contribution in [2.24, 2.45) is 0 Å². The van der Waals surface area contributed by atoms with Gasteiger partial charge >= 0.3 is 6.18 Å².